The second kappa shape index (κ2) is 7.65. The maximum atomic E-state index is 6.08. The molecule has 0 saturated carbocycles. The third-order valence-electron chi connectivity index (χ3n) is 4.38. The van der Waals surface area contributed by atoms with Crippen LogP contribution < -0.4 is 10.5 Å². The van der Waals surface area contributed by atoms with Crippen molar-refractivity contribution in [1.82, 2.24) is 4.90 Å². The van der Waals surface area contributed by atoms with Gasteiger partial charge in [-0.1, -0.05) is 36.4 Å². The van der Waals surface area contributed by atoms with Gasteiger partial charge in [0.25, 0.3) is 0 Å². The summed E-state index contributed by atoms with van der Waals surface area (Å²) >= 11 is 0. The number of rotatable bonds is 5. The van der Waals surface area contributed by atoms with E-state index < -0.39 is 0 Å². The van der Waals surface area contributed by atoms with Crippen LogP contribution in [-0.2, 0) is 13.0 Å². The van der Waals surface area contributed by atoms with Gasteiger partial charge in [0.2, 0.25) is 0 Å². The standard InChI is InChI=1S/C21H26N2O/c1-23(2)13-5-8-19-18-7-4-3-6-17(18)15-24-21-10-9-16(11-12-22)14-20(19)21/h3-4,6-10,14H,5,11-13,15,22H2,1-2H3. The molecule has 0 fully saturated rings. The Bertz CT molecular complexity index is 734. The van der Waals surface area contributed by atoms with Gasteiger partial charge < -0.3 is 15.4 Å². The van der Waals surface area contributed by atoms with Crippen LogP contribution in [0, 0.1) is 0 Å². The van der Waals surface area contributed by atoms with Crippen LogP contribution in [0.25, 0.3) is 5.57 Å². The van der Waals surface area contributed by atoms with Crippen molar-refractivity contribution >= 4 is 5.57 Å². The summed E-state index contributed by atoms with van der Waals surface area (Å²) in [5, 5.41) is 0. The van der Waals surface area contributed by atoms with Crippen LogP contribution in [0.15, 0.2) is 48.5 Å². The molecule has 2 aromatic rings. The zero-order valence-electron chi connectivity index (χ0n) is 14.6. The van der Waals surface area contributed by atoms with Crippen molar-refractivity contribution in [2.24, 2.45) is 5.73 Å². The molecule has 0 saturated heterocycles. The van der Waals surface area contributed by atoms with Gasteiger partial charge in [-0.3, -0.25) is 0 Å². The fourth-order valence-corrected chi connectivity index (χ4v) is 3.13. The average Bonchev–Trinajstić information content (AvgIpc) is 2.72. The molecule has 0 radical (unpaired) electrons. The smallest absolute Gasteiger partial charge is 0.127 e. The molecule has 24 heavy (non-hydrogen) atoms. The van der Waals surface area contributed by atoms with Gasteiger partial charge in [0.05, 0.1) is 0 Å². The lowest BCUT2D eigenvalue weighted by atomic mass is 9.92. The maximum absolute atomic E-state index is 6.08. The van der Waals surface area contributed by atoms with Gasteiger partial charge in [0.1, 0.15) is 12.4 Å². The number of hydrogen-bond acceptors (Lipinski definition) is 3. The summed E-state index contributed by atoms with van der Waals surface area (Å²) in [4.78, 5) is 2.21. The highest BCUT2D eigenvalue weighted by Crippen LogP contribution is 2.37. The zero-order chi connectivity index (χ0) is 16.9. The van der Waals surface area contributed by atoms with E-state index in [4.69, 9.17) is 10.5 Å². The molecule has 1 heterocycles. The van der Waals surface area contributed by atoms with E-state index in [9.17, 15) is 0 Å². The Kier molecular flexibility index (Phi) is 5.34. The first-order chi connectivity index (χ1) is 11.7. The van der Waals surface area contributed by atoms with Crippen LogP contribution in [0.2, 0.25) is 0 Å². The second-order valence-corrected chi connectivity index (χ2v) is 6.52. The molecular formula is C21H26N2O. The van der Waals surface area contributed by atoms with E-state index in [-0.39, 0.29) is 0 Å². The van der Waals surface area contributed by atoms with Crippen molar-refractivity contribution in [2.45, 2.75) is 19.4 Å². The summed E-state index contributed by atoms with van der Waals surface area (Å²) in [7, 11) is 4.21. The lowest BCUT2D eigenvalue weighted by Gasteiger charge is -2.13. The number of benzene rings is 2. The number of ether oxygens (including phenoxy) is 1. The summed E-state index contributed by atoms with van der Waals surface area (Å²) in [6.45, 7) is 2.31. The lowest BCUT2D eigenvalue weighted by molar-refractivity contribution is 0.307. The molecule has 0 aromatic heterocycles. The van der Waals surface area contributed by atoms with E-state index in [0.717, 1.165) is 25.1 Å². The summed E-state index contributed by atoms with van der Waals surface area (Å²) in [6.07, 6.45) is 4.25. The molecule has 1 aliphatic rings. The maximum Gasteiger partial charge on any atom is 0.127 e. The van der Waals surface area contributed by atoms with Crippen LogP contribution in [-0.4, -0.2) is 32.1 Å². The predicted molar refractivity (Wildman–Crippen MR) is 100 cm³/mol. The topological polar surface area (TPSA) is 38.5 Å². The molecular weight excluding hydrogens is 296 g/mol. The highest BCUT2D eigenvalue weighted by Gasteiger charge is 2.19. The molecule has 0 spiro atoms. The first kappa shape index (κ1) is 16.7. The van der Waals surface area contributed by atoms with Crippen molar-refractivity contribution in [3.05, 3.63) is 70.8 Å². The Morgan fingerprint density at radius 2 is 1.96 bits per heavy atom. The molecule has 3 nitrogen and oxygen atoms in total. The third kappa shape index (κ3) is 3.69. The van der Waals surface area contributed by atoms with Crippen LogP contribution in [0.5, 0.6) is 5.75 Å². The van der Waals surface area contributed by atoms with Crippen LogP contribution >= 0.6 is 0 Å². The highest BCUT2D eigenvalue weighted by molar-refractivity contribution is 5.85. The molecule has 3 rings (SSSR count). The van der Waals surface area contributed by atoms with Crippen molar-refractivity contribution in [3.63, 3.8) is 0 Å². The van der Waals surface area contributed by atoms with Crippen molar-refractivity contribution in [2.75, 3.05) is 27.2 Å². The third-order valence-corrected chi connectivity index (χ3v) is 4.38. The fourth-order valence-electron chi connectivity index (χ4n) is 3.13. The van der Waals surface area contributed by atoms with Gasteiger partial charge in [-0.15, -0.1) is 0 Å². The van der Waals surface area contributed by atoms with Crippen molar-refractivity contribution in [3.8, 4) is 5.75 Å². The summed E-state index contributed by atoms with van der Waals surface area (Å²) in [5.41, 5.74) is 12.0. The van der Waals surface area contributed by atoms with E-state index in [1.807, 2.05) is 0 Å². The summed E-state index contributed by atoms with van der Waals surface area (Å²) in [6, 6.07) is 15.0. The normalized spacial score (nSPS) is 14.9. The van der Waals surface area contributed by atoms with Gasteiger partial charge in [0.15, 0.2) is 0 Å². The Morgan fingerprint density at radius 1 is 1.12 bits per heavy atom. The monoisotopic (exact) mass is 322 g/mol. The largest absolute Gasteiger partial charge is 0.488 e. The van der Waals surface area contributed by atoms with Gasteiger partial charge in [-0.05, 0) is 67.9 Å². The SMILES string of the molecule is CN(C)CCC=C1c2ccccc2COc2ccc(CCN)cc21. The summed E-state index contributed by atoms with van der Waals surface area (Å²) < 4.78 is 6.08. The zero-order valence-corrected chi connectivity index (χ0v) is 14.6. The number of hydrogen-bond donors (Lipinski definition) is 1. The molecule has 0 atom stereocenters. The Balaban J connectivity index is 2.07. The molecule has 0 aliphatic carbocycles. The number of nitrogens with zero attached hydrogens (tertiary/aromatic N) is 1. The van der Waals surface area contributed by atoms with E-state index in [2.05, 4.69) is 67.5 Å². The molecule has 2 aromatic carbocycles. The minimum Gasteiger partial charge on any atom is -0.488 e. The Hall–Kier alpha value is -2.10. The Labute approximate surface area is 144 Å². The molecule has 0 unspecified atom stereocenters. The quantitative estimate of drug-likeness (QED) is 0.916. The fraction of sp³-hybridized carbons (Fsp3) is 0.333. The Morgan fingerprint density at radius 3 is 2.75 bits per heavy atom. The van der Waals surface area contributed by atoms with Gasteiger partial charge in [-0.2, -0.15) is 0 Å². The minimum atomic E-state index is 0.616. The van der Waals surface area contributed by atoms with Gasteiger partial charge >= 0.3 is 0 Å². The van der Waals surface area contributed by atoms with Gasteiger partial charge in [0, 0.05) is 12.1 Å². The highest BCUT2D eigenvalue weighted by atomic mass is 16.5. The van der Waals surface area contributed by atoms with E-state index in [0.29, 0.717) is 13.2 Å². The molecule has 1 aliphatic heterocycles. The van der Waals surface area contributed by atoms with E-state index >= 15 is 0 Å². The van der Waals surface area contributed by atoms with Crippen LogP contribution in [0.1, 0.15) is 28.7 Å². The average molecular weight is 322 g/mol. The molecule has 2 N–H and O–H groups in total. The first-order valence-corrected chi connectivity index (χ1v) is 8.58. The van der Waals surface area contributed by atoms with Crippen molar-refractivity contribution in [1.29, 1.82) is 0 Å². The van der Waals surface area contributed by atoms with Crippen molar-refractivity contribution < 1.29 is 4.74 Å². The second-order valence-electron chi connectivity index (χ2n) is 6.52. The number of nitrogens with two attached hydrogens (primary N) is 1. The lowest BCUT2D eigenvalue weighted by Crippen LogP contribution is -2.12. The molecule has 0 amide bonds. The van der Waals surface area contributed by atoms with E-state index in [1.165, 1.54) is 27.8 Å². The predicted octanol–water partition coefficient (Wildman–Crippen LogP) is 3.46. The molecule has 3 heteroatoms. The van der Waals surface area contributed by atoms with Crippen LogP contribution in [0.4, 0.5) is 0 Å². The first-order valence-electron chi connectivity index (χ1n) is 8.58. The summed E-state index contributed by atoms with van der Waals surface area (Å²) in [5.74, 6) is 0.961. The minimum absolute atomic E-state index is 0.616. The van der Waals surface area contributed by atoms with E-state index in [1.54, 1.807) is 0 Å². The molecule has 126 valence electrons. The van der Waals surface area contributed by atoms with Gasteiger partial charge in [-0.25, -0.2) is 0 Å². The van der Waals surface area contributed by atoms with Crippen LogP contribution in [0.3, 0.4) is 0 Å². The molecule has 0 bridgehead atoms. The number of fused-ring (bicyclic) bond motifs is 2.